The van der Waals surface area contributed by atoms with Gasteiger partial charge in [0.05, 0.1) is 5.69 Å². The van der Waals surface area contributed by atoms with Crippen LogP contribution in [0.1, 0.15) is 43.6 Å². The van der Waals surface area contributed by atoms with Crippen molar-refractivity contribution in [2.45, 2.75) is 53.0 Å². The zero-order valence-electron chi connectivity index (χ0n) is 14.4. The van der Waals surface area contributed by atoms with Crippen LogP contribution < -0.4 is 10.6 Å². The summed E-state index contributed by atoms with van der Waals surface area (Å²) in [6, 6.07) is 0.337. The van der Waals surface area contributed by atoms with Crippen molar-refractivity contribution in [2.75, 3.05) is 13.1 Å². The van der Waals surface area contributed by atoms with E-state index in [0.29, 0.717) is 6.04 Å². The molecule has 1 saturated carbocycles. The van der Waals surface area contributed by atoms with Gasteiger partial charge in [-0.2, -0.15) is 5.10 Å². The molecule has 1 aromatic heterocycles. The highest BCUT2D eigenvalue weighted by atomic mass is 127. The number of nitrogens with one attached hydrogen (secondary N) is 2. The smallest absolute Gasteiger partial charge is 0.191 e. The lowest BCUT2D eigenvalue weighted by Gasteiger charge is -2.18. The summed E-state index contributed by atoms with van der Waals surface area (Å²) < 4.78 is 1.96. The second kappa shape index (κ2) is 8.74. The van der Waals surface area contributed by atoms with Crippen LogP contribution in [0.5, 0.6) is 0 Å². The molecule has 126 valence electrons. The number of hydrogen-bond acceptors (Lipinski definition) is 2. The minimum Gasteiger partial charge on any atom is -0.357 e. The molecule has 1 aromatic rings. The number of nitrogens with zero attached hydrogens (tertiary/aromatic N) is 3. The van der Waals surface area contributed by atoms with Crippen molar-refractivity contribution in [2.24, 2.45) is 18.0 Å². The maximum absolute atomic E-state index is 4.68. The SMILES string of the molecule is CCNC(=NCC1CC1)NC(C)Cc1c(C)nn(C)c1C.I. The highest BCUT2D eigenvalue weighted by molar-refractivity contribution is 14.0. The van der Waals surface area contributed by atoms with Crippen LogP contribution in [0.15, 0.2) is 4.99 Å². The lowest BCUT2D eigenvalue weighted by Crippen LogP contribution is -2.43. The summed E-state index contributed by atoms with van der Waals surface area (Å²) >= 11 is 0. The van der Waals surface area contributed by atoms with Gasteiger partial charge in [-0.25, -0.2) is 0 Å². The predicted molar refractivity (Wildman–Crippen MR) is 103 cm³/mol. The van der Waals surface area contributed by atoms with Gasteiger partial charge in [-0.3, -0.25) is 9.67 Å². The fraction of sp³-hybridized carbons (Fsp3) is 0.750. The highest BCUT2D eigenvalue weighted by Gasteiger charge is 2.21. The van der Waals surface area contributed by atoms with E-state index in [2.05, 4.69) is 48.4 Å². The van der Waals surface area contributed by atoms with Gasteiger partial charge in [-0.1, -0.05) is 0 Å². The van der Waals surface area contributed by atoms with E-state index < -0.39 is 0 Å². The second-order valence-corrected chi connectivity index (χ2v) is 6.19. The van der Waals surface area contributed by atoms with E-state index in [1.807, 2.05) is 11.7 Å². The zero-order chi connectivity index (χ0) is 15.4. The molecule has 22 heavy (non-hydrogen) atoms. The first-order chi connectivity index (χ1) is 10.0. The average Bonchev–Trinajstić information content (AvgIpc) is 3.21. The van der Waals surface area contributed by atoms with Crippen LogP contribution in [-0.2, 0) is 13.5 Å². The molecule has 0 saturated heterocycles. The molecular weight excluding hydrogens is 389 g/mol. The van der Waals surface area contributed by atoms with Gasteiger partial charge >= 0.3 is 0 Å². The third-order valence-corrected chi connectivity index (χ3v) is 4.10. The van der Waals surface area contributed by atoms with Crippen LogP contribution in [0.4, 0.5) is 0 Å². The molecule has 1 atom stereocenters. The lowest BCUT2D eigenvalue weighted by molar-refractivity contribution is 0.634. The van der Waals surface area contributed by atoms with Gasteiger partial charge in [0, 0.05) is 31.9 Å². The molecule has 0 amide bonds. The molecule has 0 radical (unpaired) electrons. The molecule has 6 heteroatoms. The molecule has 0 bridgehead atoms. The number of guanidine groups is 1. The summed E-state index contributed by atoms with van der Waals surface area (Å²) in [4.78, 5) is 4.68. The van der Waals surface area contributed by atoms with Crippen LogP contribution in [0.25, 0.3) is 0 Å². The summed E-state index contributed by atoms with van der Waals surface area (Å²) in [6.45, 7) is 10.4. The monoisotopic (exact) mass is 419 g/mol. The topological polar surface area (TPSA) is 54.2 Å². The van der Waals surface area contributed by atoms with Gasteiger partial charge in [0.25, 0.3) is 0 Å². The number of hydrogen-bond donors (Lipinski definition) is 2. The van der Waals surface area contributed by atoms with Crippen molar-refractivity contribution >= 4 is 29.9 Å². The lowest BCUT2D eigenvalue weighted by atomic mass is 10.1. The van der Waals surface area contributed by atoms with Crippen LogP contribution >= 0.6 is 24.0 Å². The Bertz CT molecular complexity index is 505. The first kappa shape index (κ1) is 19.3. The zero-order valence-corrected chi connectivity index (χ0v) is 16.8. The highest BCUT2D eigenvalue weighted by Crippen LogP contribution is 2.28. The summed E-state index contributed by atoms with van der Waals surface area (Å²) in [5.41, 5.74) is 3.72. The van der Waals surface area contributed by atoms with Crippen molar-refractivity contribution in [3.63, 3.8) is 0 Å². The van der Waals surface area contributed by atoms with E-state index >= 15 is 0 Å². The van der Waals surface area contributed by atoms with E-state index in [1.165, 1.54) is 24.1 Å². The Balaban J connectivity index is 0.00000242. The summed E-state index contributed by atoms with van der Waals surface area (Å²) in [5, 5.41) is 11.3. The van der Waals surface area contributed by atoms with Gasteiger partial charge in [0.1, 0.15) is 0 Å². The Morgan fingerprint density at radius 3 is 2.59 bits per heavy atom. The largest absolute Gasteiger partial charge is 0.357 e. The van der Waals surface area contributed by atoms with Gasteiger partial charge in [-0.05, 0) is 58.4 Å². The number of aromatic nitrogens is 2. The van der Waals surface area contributed by atoms with Crippen molar-refractivity contribution in [3.8, 4) is 0 Å². The van der Waals surface area contributed by atoms with Crippen LogP contribution in [0, 0.1) is 19.8 Å². The Labute approximate surface area is 151 Å². The van der Waals surface area contributed by atoms with E-state index in [4.69, 9.17) is 0 Å². The van der Waals surface area contributed by atoms with E-state index in [-0.39, 0.29) is 24.0 Å². The van der Waals surface area contributed by atoms with E-state index in [0.717, 1.165) is 37.1 Å². The van der Waals surface area contributed by atoms with Gasteiger partial charge in [0.2, 0.25) is 0 Å². The standard InChI is InChI=1S/C16H29N5.HI/c1-6-17-16(18-10-14-7-8-14)19-11(2)9-15-12(3)20-21(5)13(15)4;/h11,14H,6-10H2,1-5H3,(H2,17,18,19);1H. The summed E-state index contributed by atoms with van der Waals surface area (Å²) in [5.74, 6) is 1.76. The number of rotatable bonds is 6. The van der Waals surface area contributed by atoms with Gasteiger partial charge < -0.3 is 10.6 Å². The van der Waals surface area contributed by atoms with Crippen LogP contribution in [0.2, 0.25) is 0 Å². The van der Waals surface area contributed by atoms with E-state index in [9.17, 15) is 0 Å². The quantitative estimate of drug-likeness (QED) is 0.424. The molecule has 2 rings (SSSR count). The molecule has 5 nitrogen and oxygen atoms in total. The summed E-state index contributed by atoms with van der Waals surface area (Å²) in [6.07, 6.45) is 3.65. The predicted octanol–water partition coefficient (Wildman–Crippen LogP) is 2.55. The van der Waals surface area contributed by atoms with Gasteiger partial charge in [0.15, 0.2) is 5.96 Å². The molecule has 1 aliphatic carbocycles. The average molecular weight is 419 g/mol. The second-order valence-electron chi connectivity index (χ2n) is 6.19. The molecule has 0 aliphatic heterocycles. The number of aryl methyl sites for hydroxylation is 2. The Hall–Kier alpha value is -0.790. The van der Waals surface area contributed by atoms with E-state index in [1.54, 1.807) is 0 Å². The van der Waals surface area contributed by atoms with Crippen molar-refractivity contribution < 1.29 is 0 Å². The third kappa shape index (κ3) is 5.44. The van der Waals surface area contributed by atoms with Crippen LogP contribution in [0.3, 0.4) is 0 Å². The first-order valence-electron chi connectivity index (χ1n) is 8.05. The molecule has 1 heterocycles. The van der Waals surface area contributed by atoms with Crippen molar-refractivity contribution in [1.29, 1.82) is 0 Å². The van der Waals surface area contributed by atoms with Gasteiger partial charge in [-0.15, -0.1) is 24.0 Å². The van der Waals surface area contributed by atoms with Crippen molar-refractivity contribution in [3.05, 3.63) is 17.0 Å². The summed E-state index contributed by atoms with van der Waals surface area (Å²) in [7, 11) is 2.01. The third-order valence-electron chi connectivity index (χ3n) is 4.10. The molecule has 2 N–H and O–H groups in total. The molecule has 1 unspecified atom stereocenters. The minimum atomic E-state index is 0. The first-order valence-corrected chi connectivity index (χ1v) is 8.05. The number of halogens is 1. The fourth-order valence-electron chi connectivity index (χ4n) is 2.54. The normalized spacial score (nSPS) is 16.1. The molecule has 1 aliphatic rings. The maximum Gasteiger partial charge on any atom is 0.191 e. The minimum absolute atomic E-state index is 0. The molecule has 0 aromatic carbocycles. The molecule has 0 spiro atoms. The Kier molecular flexibility index (Phi) is 7.65. The van der Waals surface area contributed by atoms with Crippen LogP contribution in [-0.4, -0.2) is 34.9 Å². The maximum atomic E-state index is 4.68. The molecular formula is C16H30IN5. The number of aliphatic imine (C=N–C) groups is 1. The Morgan fingerprint density at radius 2 is 2.09 bits per heavy atom. The van der Waals surface area contributed by atoms with Crippen molar-refractivity contribution in [1.82, 2.24) is 20.4 Å². The Morgan fingerprint density at radius 1 is 1.41 bits per heavy atom. The fourth-order valence-corrected chi connectivity index (χ4v) is 2.54. The molecule has 1 fully saturated rings.